The van der Waals surface area contributed by atoms with Crippen LogP contribution in [-0.4, -0.2) is 9.97 Å². The minimum atomic E-state index is -0.107. The van der Waals surface area contributed by atoms with E-state index in [1.165, 1.54) is 5.56 Å². The fourth-order valence-corrected chi connectivity index (χ4v) is 3.39. The van der Waals surface area contributed by atoms with Gasteiger partial charge in [0.1, 0.15) is 10.9 Å². The first-order valence-corrected chi connectivity index (χ1v) is 8.62. The van der Waals surface area contributed by atoms with Gasteiger partial charge in [-0.25, -0.2) is 4.98 Å². The largest absolute Gasteiger partial charge is 0.438 e. The number of nitrogens with zero attached hydrogens (tertiary/aromatic N) is 2. The predicted molar refractivity (Wildman–Crippen MR) is 100 cm³/mol. The Morgan fingerprint density at radius 1 is 0.920 bits per heavy atom. The monoisotopic (exact) mass is 368 g/mol. The first-order valence-electron chi connectivity index (χ1n) is 7.86. The number of benzene rings is 2. The molecule has 0 N–H and O–H groups in total. The van der Waals surface area contributed by atoms with Gasteiger partial charge in [-0.1, -0.05) is 71.8 Å². The third kappa shape index (κ3) is 3.13. The molecule has 4 rings (SSSR count). The Morgan fingerprint density at radius 3 is 2.36 bits per heavy atom. The van der Waals surface area contributed by atoms with Crippen molar-refractivity contribution in [3.05, 3.63) is 93.4 Å². The highest BCUT2D eigenvalue weighted by atomic mass is 35.5. The summed E-state index contributed by atoms with van der Waals surface area (Å²) in [6, 6.07) is 18.2. The zero-order valence-corrected chi connectivity index (χ0v) is 14.9. The Labute approximate surface area is 155 Å². The molecule has 2 aromatic carbocycles. The van der Waals surface area contributed by atoms with E-state index in [1.54, 1.807) is 0 Å². The van der Waals surface area contributed by atoms with Gasteiger partial charge in [0.15, 0.2) is 0 Å². The van der Waals surface area contributed by atoms with Gasteiger partial charge in [0, 0.05) is 11.5 Å². The molecule has 3 nitrogen and oxygen atoms in total. The summed E-state index contributed by atoms with van der Waals surface area (Å²) in [4.78, 5) is 8.34. The van der Waals surface area contributed by atoms with Crippen LogP contribution in [0.1, 0.15) is 28.2 Å². The zero-order valence-electron chi connectivity index (χ0n) is 13.4. The molecule has 3 aromatic rings. The molecule has 0 bridgehead atoms. The lowest BCUT2D eigenvalue weighted by molar-refractivity contribution is 0.469. The average molecular weight is 369 g/mol. The predicted octanol–water partition coefficient (Wildman–Crippen LogP) is 5.66. The van der Waals surface area contributed by atoms with Crippen LogP contribution in [0.25, 0.3) is 5.76 Å². The molecule has 0 fully saturated rings. The molecule has 25 heavy (non-hydrogen) atoms. The molecular weight excluding hydrogens is 355 g/mol. The van der Waals surface area contributed by atoms with Crippen molar-refractivity contribution in [2.24, 2.45) is 0 Å². The average Bonchev–Trinajstić information content (AvgIpc) is 2.62. The van der Waals surface area contributed by atoms with Crippen molar-refractivity contribution in [2.75, 3.05) is 0 Å². The summed E-state index contributed by atoms with van der Waals surface area (Å²) in [5.41, 5.74) is 3.99. The number of allylic oxidation sites excluding steroid dienone is 1. The minimum Gasteiger partial charge on any atom is -0.438 e. The molecular formula is C20H14Cl2N2O. The summed E-state index contributed by atoms with van der Waals surface area (Å²) in [5, 5.41) is 0.379. The number of hydrogen-bond acceptors (Lipinski definition) is 3. The lowest BCUT2D eigenvalue weighted by atomic mass is 9.89. The molecule has 124 valence electrons. The Bertz CT molecular complexity index is 953. The second kappa shape index (κ2) is 6.51. The second-order valence-corrected chi connectivity index (χ2v) is 6.59. The summed E-state index contributed by atoms with van der Waals surface area (Å²) >= 11 is 12.4. The van der Waals surface area contributed by atoms with E-state index in [1.807, 2.05) is 36.4 Å². The van der Waals surface area contributed by atoms with Gasteiger partial charge in [-0.3, -0.25) is 0 Å². The van der Waals surface area contributed by atoms with Gasteiger partial charge in [0.25, 0.3) is 0 Å². The van der Waals surface area contributed by atoms with Crippen molar-refractivity contribution in [1.82, 2.24) is 9.97 Å². The summed E-state index contributed by atoms with van der Waals surface area (Å²) in [6.45, 7) is 2.06. The Hall–Kier alpha value is -2.36. The van der Waals surface area contributed by atoms with Gasteiger partial charge in [-0.2, -0.15) is 4.98 Å². The van der Waals surface area contributed by atoms with Gasteiger partial charge < -0.3 is 4.74 Å². The number of halogens is 2. The molecule has 0 aliphatic carbocycles. The fourth-order valence-electron chi connectivity index (χ4n) is 2.90. The van der Waals surface area contributed by atoms with Crippen LogP contribution in [0.3, 0.4) is 0 Å². The Balaban J connectivity index is 1.90. The Kier molecular flexibility index (Phi) is 4.20. The number of rotatable bonds is 2. The summed E-state index contributed by atoms with van der Waals surface area (Å²) in [6.07, 6.45) is 2.05. The van der Waals surface area contributed by atoms with Crippen LogP contribution in [0.2, 0.25) is 10.4 Å². The van der Waals surface area contributed by atoms with Crippen molar-refractivity contribution < 1.29 is 4.74 Å². The van der Waals surface area contributed by atoms with Crippen LogP contribution in [-0.2, 0) is 0 Å². The number of aromatic nitrogens is 2. The van der Waals surface area contributed by atoms with Gasteiger partial charge in [0.05, 0.1) is 5.56 Å². The van der Waals surface area contributed by atoms with Crippen LogP contribution in [0.4, 0.5) is 0 Å². The molecule has 1 aliphatic rings. The van der Waals surface area contributed by atoms with E-state index in [-0.39, 0.29) is 11.2 Å². The van der Waals surface area contributed by atoms with E-state index in [4.69, 9.17) is 27.9 Å². The fraction of sp³-hybridized carbons (Fsp3) is 0.100. The molecule has 5 heteroatoms. The van der Waals surface area contributed by atoms with E-state index in [9.17, 15) is 0 Å². The van der Waals surface area contributed by atoms with E-state index < -0.39 is 0 Å². The van der Waals surface area contributed by atoms with E-state index in [2.05, 4.69) is 41.2 Å². The van der Waals surface area contributed by atoms with E-state index >= 15 is 0 Å². The molecule has 0 saturated carbocycles. The molecule has 2 heterocycles. The molecule has 0 spiro atoms. The van der Waals surface area contributed by atoms with Crippen molar-refractivity contribution in [3.8, 4) is 5.88 Å². The number of fused-ring (bicyclic) bond motifs is 1. The molecule has 0 saturated heterocycles. The smallest absolute Gasteiger partial charge is 0.229 e. The van der Waals surface area contributed by atoms with Crippen LogP contribution >= 0.6 is 23.2 Å². The van der Waals surface area contributed by atoms with E-state index in [0.29, 0.717) is 11.0 Å². The summed E-state index contributed by atoms with van der Waals surface area (Å²) in [5.74, 6) is 1.02. The Morgan fingerprint density at radius 2 is 1.64 bits per heavy atom. The first-order chi connectivity index (χ1) is 12.1. The summed E-state index contributed by atoms with van der Waals surface area (Å²) in [7, 11) is 0. The number of ether oxygens (including phenoxy) is 1. The van der Waals surface area contributed by atoms with Crippen LogP contribution in [0.15, 0.2) is 60.7 Å². The molecule has 1 atom stereocenters. The molecule has 1 aromatic heterocycles. The molecule has 0 amide bonds. The van der Waals surface area contributed by atoms with E-state index in [0.717, 1.165) is 22.4 Å². The van der Waals surface area contributed by atoms with Crippen molar-refractivity contribution in [3.63, 3.8) is 0 Å². The maximum Gasteiger partial charge on any atom is 0.229 e. The standard InChI is InChI=1S/C20H14Cl2N2O/c1-12-7-9-13(10-8-12)15-11-16(14-5-3-2-4-6-14)25-19-17(15)18(21)23-20(22)24-19/h2-11,15H,1H3/t15-/m1/s1. The first kappa shape index (κ1) is 16.1. The highest BCUT2D eigenvalue weighted by molar-refractivity contribution is 6.32. The lowest BCUT2D eigenvalue weighted by Crippen LogP contribution is -2.13. The maximum absolute atomic E-state index is 6.37. The normalized spacial score (nSPS) is 16.0. The minimum absolute atomic E-state index is 0.0701. The third-order valence-electron chi connectivity index (χ3n) is 4.17. The van der Waals surface area contributed by atoms with Crippen molar-refractivity contribution >= 4 is 29.0 Å². The maximum atomic E-state index is 6.37. The number of hydrogen-bond donors (Lipinski definition) is 0. The van der Waals surface area contributed by atoms with Gasteiger partial charge >= 0.3 is 0 Å². The van der Waals surface area contributed by atoms with Crippen molar-refractivity contribution in [2.45, 2.75) is 12.8 Å². The van der Waals surface area contributed by atoms with Crippen molar-refractivity contribution in [1.29, 1.82) is 0 Å². The second-order valence-electron chi connectivity index (χ2n) is 5.89. The SMILES string of the molecule is Cc1ccc([C@H]2C=C(c3ccccc3)Oc3nc(Cl)nc(Cl)c32)cc1. The van der Waals surface area contributed by atoms with Gasteiger partial charge in [-0.15, -0.1) is 0 Å². The third-order valence-corrected chi connectivity index (χ3v) is 4.62. The highest BCUT2D eigenvalue weighted by Crippen LogP contribution is 2.43. The number of aryl methyl sites for hydroxylation is 1. The summed E-state index contributed by atoms with van der Waals surface area (Å²) < 4.78 is 6.00. The topological polar surface area (TPSA) is 35.0 Å². The quantitative estimate of drug-likeness (QED) is 0.432. The molecule has 1 aliphatic heterocycles. The van der Waals surface area contributed by atoms with Crippen LogP contribution in [0, 0.1) is 6.92 Å². The van der Waals surface area contributed by atoms with Gasteiger partial charge in [0.2, 0.25) is 11.2 Å². The highest BCUT2D eigenvalue weighted by Gasteiger charge is 2.29. The lowest BCUT2D eigenvalue weighted by Gasteiger charge is -2.25. The zero-order chi connectivity index (χ0) is 17.4. The molecule has 0 radical (unpaired) electrons. The van der Waals surface area contributed by atoms with Crippen LogP contribution in [0.5, 0.6) is 5.88 Å². The molecule has 0 unspecified atom stereocenters. The van der Waals surface area contributed by atoms with Gasteiger partial charge in [-0.05, 0) is 30.2 Å². The van der Waals surface area contributed by atoms with Crippen LogP contribution < -0.4 is 4.74 Å².